The lowest BCUT2D eigenvalue weighted by Gasteiger charge is -2.16. The Balaban J connectivity index is 1.99. The minimum atomic E-state index is -0.149. The van der Waals surface area contributed by atoms with Gasteiger partial charge < -0.3 is 14.8 Å². The quantitative estimate of drug-likeness (QED) is 0.816. The first-order valence-corrected chi connectivity index (χ1v) is 8.03. The molecule has 0 bridgehead atoms. The molecule has 1 unspecified atom stereocenters. The number of halogens is 1. The van der Waals surface area contributed by atoms with Crippen molar-refractivity contribution in [3.63, 3.8) is 0 Å². The van der Waals surface area contributed by atoms with Gasteiger partial charge in [-0.3, -0.25) is 4.79 Å². The van der Waals surface area contributed by atoms with Crippen LogP contribution in [0.5, 0.6) is 5.75 Å². The molecular formula is C17H20BrNO3. The van der Waals surface area contributed by atoms with Gasteiger partial charge in [0.1, 0.15) is 5.75 Å². The van der Waals surface area contributed by atoms with Gasteiger partial charge in [-0.05, 0) is 39.2 Å². The minimum absolute atomic E-state index is 0.0149. The molecule has 118 valence electrons. The number of rotatable bonds is 7. The second-order valence-electron chi connectivity index (χ2n) is 5.02. The molecule has 0 spiro atoms. The van der Waals surface area contributed by atoms with Gasteiger partial charge in [-0.25, -0.2) is 0 Å². The Morgan fingerprint density at radius 1 is 1.27 bits per heavy atom. The summed E-state index contributed by atoms with van der Waals surface area (Å²) < 4.78 is 11.6. The number of hydrogen-bond donors (Lipinski definition) is 1. The van der Waals surface area contributed by atoms with Crippen molar-refractivity contribution in [2.75, 3.05) is 20.3 Å². The molecule has 0 aromatic heterocycles. The number of methoxy groups -OCH3 is 1. The van der Waals surface area contributed by atoms with Crippen molar-refractivity contribution < 1.29 is 14.3 Å². The number of hydrogen-bond acceptors (Lipinski definition) is 3. The molecule has 1 N–H and O–H groups in total. The first-order valence-electron chi connectivity index (χ1n) is 7.24. The molecule has 0 aliphatic rings. The lowest BCUT2D eigenvalue weighted by molar-refractivity contribution is -0.124. The smallest absolute Gasteiger partial charge is 0.258 e. The molecule has 4 nitrogen and oxygen atoms in total. The number of fused-ring (bicyclic) bond motifs is 1. The van der Waals surface area contributed by atoms with Gasteiger partial charge in [0.05, 0.1) is 17.1 Å². The topological polar surface area (TPSA) is 47.6 Å². The van der Waals surface area contributed by atoms with Gasteiger partial charge in [0.15, 0.2) is 6.61 Å². The van der Waals surface area contributed by atoms with Gasteiger partial charge in [-0.15, -0.1) is 0 Å². The van der Waals surface area contributed by atoms with Crippen molar-refractivity contribution >= 4 is 32.6 Å². The van der Waals surface area contributed by atoms with Gasteiger partial charge in [0.25, 0.3) is 5.91 Å². The summed E-state index contributed by atoms with van der Waals surface area (Å²) in [6, 6.07) is 11.9. The van der Waals surface area contributed by atoms with E-state index in [4.69, 9.17) is 9.47 Å². The van der Waals surface area contributed by atoms with Crippen molar-refractivity contribution in [1.82, 2.24) is 5.32 Å². The summed E-state index contributed by atoms with van der Waals surface area (Å²) in [4.78, 5) is 11.9. The second-order valence-corrected chi connectivity index (χ2v) is 5.81. The van der Waals surface area contributed by atoms with E-state index in [0.29, 0.717) is 12.4 Å². The van der Waals surface area contributed by atoms with Crippen LogP contribution in [0, 0.1) is 0 Å². The van der Waals surface area contributed by atoms with E-state index < -0.39 is 0 Å². The molecule has 1 amide bonds. The molecule has 0 radical (unpaired) electrons. The fourth-order valence-corrected chi connectivity index (χ4v) is 2.81. The van der Waals surface area contributed by atoms with Crippen molar-refractivity contribution in [1.29, 1.82) is 0 Å². The molecule has 0 aliphatic carbocycles. The lowest BCUT2D eigenvalue weighted by atomic mass is 10.1. The zero-order valence-corrected chi connectivity index (χ0v) is 14.4. The molecule has 22 heavy (non-hydrogen) atoms. The maximum atomic E-state index is 11.9. The highest BCUT2D eigenvalue weighted by molar-refractivity contribution is 9.10. The number of amides is 1. The van der Waals surface area contributed by atoms with Gasteiger partial charge in [-0.1, -0.05) is 37.3 Å². The molecule has 0 saturated carbocycles. The average Bonchev–Trinajstić information content (AvgIpc) is 2.54. The van der Waals surface area contributed by atoms with E-state index in [0.717, 1.165) is 21.7 Å². The zero-order valence-electron chi connectivity index (χ0n) is 12.8. The predicted octanol–water partition coefficient (Wildman–Crippen LogP) is 3.52. The summed E-state index contributed by atoms with van der Waals surface area (Å²) in [5.41, 5.74) is 0. The fraction of sp³-hybridized carbons (Fsp3) is 0.353. The summed E-state index contributed by atoms with van der Waals surface area (Å²) in [7, 11) is 1.62. The Morgan fingerprint density at radius 3 is 2.77 bits per heavy atom. The molecule has 0 fully saturated rings. The third-order valence-electron chi connectivity index (χ3n) is 3.41. The van der Waals surface area contributed by atoms with Crippen molar-refractivity contribution in [2.24, 2.45) is 0 Å². The highest BCUT2D eigenvalue weighted by atomic mass is 79.9. The van der Waals surface area contributed by atoms with Gasteiger partial charge in [-0.2, -0.15) is 0 Å². The second kappa shape index (κ2) is 8.15. The molecule has 0 saturated heterocycles. The number of benzene rings is 2. The molecule has 2 aromatic carbocycles. The minimum Gasteiger partial charge on any atom is -0.483 e. The number of carbonyl (C=O) groups excluding carboxylic acids is 1. The summed E-state index contributed by atoms with van der Waals surface area (Å²) in [5.74, 6) is 0.512. The third kappa shape index (κ3) is 4.21. The number of carbonyl (C=O) groups is 1. The van der Waals surface area contributed by atoms with Crippen molar-refractivity contribution in [2.45, 2.75) is 19.4 Å². The Morgan fingerprint density at radius 2 is 2.05 bits per heavy atom. The zero-order chi connectivity index (χ0) is 15.9. The van der Waals surface area contributed by atoms with E-state index in [2.05, 4.69) is 21.2 Å². The normalized spacial score (nSPS) is 12.1. The molecular weight excluding hydrogens is 346 g/mol. The van der Waals surface area contributed by atoms with Crippen LogP contribution in [-0.2, 0) is 9.53 Å². The van der Waals surface area contributed by atoms with Gasteiger partial charge in [0.2, 0.25) is 0 Å². The van der Waals surface area contributed by atoms with Crippen LogP contribution in [0.4, 0.5) is 0 Å². The van der Waals surface area contributed by atoms with Gasteiger partial charge >= 0.3 is 0 Å². The van der Waals surface area contributed by atoms with Crippen LogP contribution in [0.2, 0.25) is 0 Å². The first-order chi connectivity index (χ1) is 10.7. The van der Waals surface area contributed by atoms with Crippen LogP contribution in [0.3, 0.4) is 0 Å². The Bertz CT molecular complexity index is 645. The predicted molar refractivity (Wildman–Crippen MR) is 91.2 cm³/mol. The Kier molecular flexibility index (Phi) is 6.21. The highest BCUT2D eigenvalue weighted by Crippen LogP contribution is 2.32. The van der Waals surface area contributed by atoms with E-state index in [1.807, 2.05) is 43.3 Å². The standard InChI is InChI=1S/C17H20BrNO3/c1-3-13(10-21-2)19-16(20)11-22-15-9-8-12-6-4-5-7-14(12)17(15)18/h4-9,13H,3,10-11H2,1-2H3,(H,19,20). The summed E-state index contributed by atoms with van der Waals surface area (Å²) in [6.07, 6.45) is 0.819. The maximum absolute atomic E-state index is 11.9. The van der Waals surface area contributed by atoms with E-state index in [1.54, 1.807) is 7.11 Å². The number of ether oxygens (including phenoxy) is 2. The molecule has 5 heteroatoms. The largest absolute Gasteiger partial charge is 0.483 e. The van der Waals surface area contributed by atoms with Crippen LogP contribution in [0.15, 0.2) is 40.9 Å². The van der Waals surface area contributed by atoms with E-state index >= 15 is 0 Å². The first kappa shape index (κ1) is 16.8. The highest BCUT2D eigenvalue weighted by Gasteiger charge is 2.12. The van der Waals surface area contributed by atoms with Crippen molar-refractivity contribution in [3.05, 3.63) is 40.9 Å². The van der Waals surface area contributed by atoms with E-state index in [-0.39, 0.29) is 18.6 Å². The third-order valence-corrected chi connectivity index (χ3v) is 4.23. The van der Waals surface area contributed by atoms with Crippen LogP contribution in [0.1, 0.15) is 13.3 Å². The molecule has 2 aromatic rings. The lowest BCUT2D eigenvalue weighted by Crippen LogP contribution is -2.40. The van der Waals surface area contributed by atoms with Crippen LogP contribution >= 0.6 is 15.9 Å². The number of nitrogens with one attached hydrogen (secondary N) is 1. The van der Waals surface area contributed by atoms with E-state index in [1.165, 1.54) is 0 Å². The van der Waals surface area contributed by atoms with Crippen LogP contribution in [0.25, 0.3) is 10.8 Å². The Hall–Kier alpha value is -1.59. The molecule has 1 atom stereocenters. The summed E-state index contributed by atoms with van der Waals surface area (Å²) >= 11 is 3.54. The molecule has 0 heterocycles. The van der Waals surface area contributed by atoms with Gasteiger partial charge in [0, 0.05) is 7.11 Å². The van der Waals surface area contributed by atoms with Crippen molar-refractivity contribution in [3.8, 4) is 5.75 Å². The summed E-state index contributed by atoms with van der Waals surface area (Å²) in [6.45, 7) is 2.49. The van der Waals surface area contributed by atoms with Crippen LogP contribution < -0.4 is 10.1 Å². The SMILES string of the molecule is CCC(COC)NC(=O)COc1ccc2ccccc2c1Br. The van der Waals surface area contributed by atoms with E-state index in [9.17, 15) is 4.79 Å². The monoisotopic (exact) mass is 365 g/mol. The average molecular weight is 366 g/mol. The summed E-state index contributed by atoms with van der Waals surface area (Å²) in [5, 5.41) is 5.07. The Labute approximate surface area is 138 Å². The van der Waals surface area contributed by atoms with Crippen LogP contribution in [-0.4, -0.2) is 32.3 Å². The maximum Gasteiger partial charge on any atom is 0.258 e. The molecule has 0 aliphatic heterocycles. The fourth-order valence-electron chi connectivity index (χ4n) is 2.20. The molecule has 2 rings (SSSR count).